The molecule has 3 N–H and O–H groups in total. The normalized spacial score (nSPS) is 10.4. The minimum atomic E-state index is -0.430. The molecule has 0 amide bonds. The van der Waals surface area contributed by atoms with Gasteiger partial charge in [0.05, 0.1) is 32.2 Å². The zero-order chi connectivity index (χ0) is 16.3. The number of carbonyl (C=O) groups is 1. The first-order chi connectivity index (χ1) is 10.5. The fourth-order valence-electron chi connectivity index (χ4n) is 2.33. The summed E-state index contributed by atoms with van der Waals surface area (Å²) in [4.78, 5) is 15.1. The van der Waals surface area contributed by atoms with Gasteiger partial charge in [0, 0.05) is 11.3 Å². The zero-order valence-electron chi connectivity index (χ0n) is 13.1. The number of methoxy groups -OCH3 is 2. The predicted octanol–water partition coefficient (Wildman–Crippen LogP) is 2.77. The molecule has 2 rings (SSSR count). The molecule has 0 spiro atoms. The first-order valence-corrected chi connectivity index (χ1v) is 6.91. The standard InChI is InChI=1S/C16H20N2O4/c1-5-22-16(19)13-9(2)18-15(14(13)17)10-6-7-11(20-3)12(8-10)21-4/h6-8,18H,5,17H2,1-4H3. The highest BCUT2D eigenvalue weighted by atomic mass is 16.5. The second-order valence-corrected chi connectivity index (χ2v) is 4.70. The summed E-state index contributed by atoms with van der Waals surface area (Å²) in [6.45, 7) is 3.84. The van der Waals surface area contributed by atoms with Crippen LogP contribution in [0.5, 0.6) is 11.5 Å². The molecule has 6 nitrogen and oxygen atoms in total. The molecule has 0 unspecified atom stereocenters. The Labute approximate surface area is 129 Å². The Kier molecular flexibility index (Phi) is 4.60. The minimum absolute atomic E-state index is 0.300. The van der Waals surface area contributed by atoms with E-state index in [1.165, 1.54) is 0 Å². The van der Waals surface area contributed by atoms with Crippen molar-refractivity contribution in [3.63, 3.8) is 0 Å². The summed E-state index contributed by atoms with van der Waals surface area (Å²) in [5.74, 6) is 0.781. The van der Waals surface area contributed by atoms with E-state index < -0.39 is 5.97 Å². The van der Waals surface area contributed by atoms with Gasteiger partial charge in [-0.05, 0) is 32.0 Å². The number of H-pyrrole nitrogens is 1. The number of carbonyl (C=O) groups excluding carboxylic acids is 1. The van der Waals surface area contributed by atoms with Crippen molar-refractivity contribution < 1.29 is 19.0 Å². The largest absolute Gasteiger partial charge is 0.493 e. The van der Waals surface area contributed by atoms with E-state index in [0.717, 1.165) is 5.56 Å². The lowest BCUT2D eigenvalue weighted by Gasteiger charge is -2.09. The number of rotatable bonds is 5. The Morgan fingerprint density at radius 2 is 1.91 bits per heavy atom. The van der Waals surface area contributed by atoms with Gasteiger partial charge in [0.1, 0.15) is 5.56 Å². The number of esters is 1. The van der Waals surface area contributed by atoms with Crippen molar-refractivity contribution in [1.29, 1.82) is 0 Å². The van der Waals surface area contributed by atoms with Gasteiger partial charge in [-0.2, -0.15) is 0 Å². The van der Waals surface area contributed by atoms with E-state index in [1.807, 2.05) is 6.07 Å². The van der Waals surface area contributed by atoms with Gasteiger partial charge in [-0.1, -0.05) is 0 Å². The number of hydrogen-bond donors (Lipinski definition) is 2. The minimum Gasteiger partial charge on any atom is -0.493 e. The van der Waals surface area contributed by atoms with Gasteiger partial charge in [-0.3, -0.25) is 0 Å². The van der Waals surface area contributed by atoms with Crippen LogP contribution in [0.2, 0.25) is 0 Å². The molecule has 0 aliphatic heterocycles. The van der Waals surface area contributed by atoms with Crippen molar-refractivity contribution in [2.75, 3.05) is 26.6 Å². The van der Waals surface area contributed by atoms with Crippen molar-refractivity contribution >= 4 is 11.7 Å². The predicted molar refractivity (Wildman–Crippen MR) is 84.4 cm³/mol. The maximum Gasteiger partial charge on any atom is 0.342 e. The third-order valence-electron chi connectivity index (χ3n) is 3.38. The fraction of sp³-hybridized carbons (Fsp3) is 0.312. The van der Waals surface area contributed by atoms with Crippen LogP contribution in [0.1, 0.15) is 23.0 Å². The lowest BCUT2D eigenvalue weighted by atomic mass is 10.1. The van der Waals surface area contributed by atoms with Gasteiger partial charge in [0.15, 0.2) is 11.5 Å². The lowest BCUT2D eigenvalue weighted by Crippen LogP contribution is -2.07. The van der Waals surface area contributed by atoms with Gasteiger partial charge >= 0.3 is 5.97 Å². The highest BCUT2D eigenvalue weighted by Gasteiger charge is 2.21. The summed E-state index contributed by atoms with van der Waals surface area (Å²) < 4.78 is 15.5. The number of aromatic amines is 1. The second-order valence-electron chi connectivity index (χ2n) is 4.70. The van der Waals surface area contributed by atoms with Gasteiger partial charge in [-0.25, -0.2) is 4.79 Å². The number of nitrogens with two attached hydrogens (primary N) is 1. The van der Waals surface area contributed by atoms with Crippen molar-refractivity contribution in [1.82, 2.24) is 4.98 Å². The molecule has 118 valence electrons. The van der Waals surface area contributed by atoms with Crippen molar-refractivity contribution in [2.24, 2.45) is 0 Å². The Morgan fingerprint density at radius 1 is 1.23 bits per heavy atom. The number of anilines is 1. The number of nitrogens with one attached hydrogen (secondary N) is 1. The molecule has 0 aliphatic rings. The van der Waals surface area contributed by atoms with E-state index >= 15 is 0 Å². The molecule has 1 aromatic heterocycles. The zero-order valence-corrected chi connectivity index (χ0v) is 13.1. The number of aryl methyl sites for hydroxylation is 1. The number of nitrogen functional groups attached to an aromatic ring is 1. The number of aromatic nitrogens is 1. The summed E-state index contributed by atoms with van der Waals surface area (Å²) in [5, 5.41) is 0. The Morgan fingerprint density at radius 3 is 2.50 bits per heavy atom. The molecule has 2 aromatic rings. The van der Waals surface area contributed by atoms with Gasteiger partial charge in [0.25, 0.3) is 0 Å². The van der Waals surface area contributed by atoms with Gasteiger partial charge < -0.3 is 24.9 Å². The summed E-state index contributed by atoms with van der Waals surface area (Å²) in [6, 6.07) is 5.43. The number of hydrogen-bond acceptors (Lipinski definition) is 5. The smallest absolute Gasteiger partial charge is 0.342 e. The molecule has 0 atom stereocenters. The van der Waals surface area contributed by atoms with E-state index in [4.69, 9.17) is 19.9 Å². The van der Waals surface area contributed by atoms with Crippen LogP contribution in [-0.2, 0) is 4.74 Å². The number of ether oxygens (including phenoxy) is 3. The molecule has 0 bridgehead atoms. The van der Waals surface area contributed by atoms with E-state index in [0.29, 0.717) is 40.7 Å². The highest BCUT2D eigenvalue weighted by Crippen LogP contribution is 2.36. The Bertz CT molecular complexity index is 692. The Hall–Kier alpha value is -2.63. The van der Waals surface area contributed by atoms with Crippen LogP contribution in [0.4, 0.5) is 5.69 Å². The van der Waals surface area contributed by atoms with Crippen LogP contribution in [-0.4, -0.2) is 31.8 Å². The first-order valence-electron chi connectivity index (χ1n) is 6.91. The van der Waals surface area contributed by atoms with Gasteiger partial charge in [-0.15, -0.1) is 0 Å². The molecule has 1 aromatic carbocycles. The fourth-order valence-corrected chi connectivity index (χ4v) is 2.33. The van der Waals surface area contributed by atoms with Crippen LogP contribution in [0.15, 0.2) is 18.2 Å². The molecule has 0 aliphatic carbocycles. The van der Waals surface area contributed by atoms with E-state index in [9.17, 15) is 4.79 Å². The first kappa shape index (κ1) is 15.8. The summed E-state index contributed by atoms with van der Waals surface area (Å²) >= 11 is 0. The molecular weight excluding hydrogens is 284 g/mol. The average molecular weight is 304 g/mol. The number of benzene rings is 1. The third kappa shape index (κ3) is 2.72. The van der Waals surface area contributed by atoms with E-state index in [2.05, 4.69) is 4.98 Å². The van der Waals surface area contributed by atoms with Gasteiger partial charge in [0.2, 0.25) is 0 Å². The average Bonchev–Trinajstić information content (AvgIpc) is 2.81. The molecule has 0 radical (unpaired) electrons. The van der Waals surface area contributed by atoms with Crippen LogP contribution < -0.4 is 15.2 Å². The van der Waals surface area contributed by atoms with Crippen LogP contribution >= 0.6 is 0 Å². The monoisotopic (exact) mass is 304 g/mol. The summed E-state index contributed by atoms with van der Waals surface area (Å²) in [5.41, 5.74) is 8.98. The topological polar surface area (TPSA) is 86.6 Å². The van der Waals surface area contributed by atoms with Crippen LogP contribution in [0, 0.1) is 6.92 Å². The maximum atomic E-state index is 12.0. The Balaban J connectivity index is 2.50. The van der Waals surface area contributed by atoms with Crippen molar-refractivity contribution in [3.05, 3.63) is 29.5 Å². The molecule has 1 heterocycles. The highest BCUT2D eigenvalue weighted by molar-refractivity contribution is 6.00. The SMILES string of the molecule is CCOC(=O)c1c(C)[nH]c(-c2ccc(OC)c(OC)c2)c1N. The summed E-state index contributed by atoms with van der Waals surface area (Å²) in [6.07, 6.45) is 0. The van der Waals surface area contributed by atoms with Crippen molar-refractivity contribution in [3.8, 4) is 22.8 Å². The van der Waals surface area contributed by atoms with Crippen LogP contribution in [0.25, 0.3) is 11.3 Å². The van der Waals surface area contributed by atoms with E-state index in [-0.39, 0.29) is 0 Å². The molecule has 0 saturated heterocycles. The van der Waals surface area contributed by atoms with E-state index in [1.54, 1.807) is 40.2 Å². The third-order valence-corrected chi connectivity index (χ3v) is 3.38. The van der Waals surface area contributed by atoms with Crippen LogP contribution in [0.3, 0.4) is 0 Å². The summed E-state index contributed by atoms with van der Waals surface area (Å²) in [7, 11) is 3.14. The molecule has 22 heavy (non-hydrogen) atoms. The second kappa shape index (κ2) is 6.43. The molecule has 6 heteroatoms. The maximum absolute atomic E-state index is 12.0. The molecule has 0 fully saturated rings. The van der Waals surface area contributed by atoms with Crippen molar-refractivity contribution in [2.45, 2.75) is 13.8 Å². The lowest BCUT2D eigenvalue weighted by molar-refractivity contribution is 0.0527. The molecule has 0 saturated carbocycles. The molecular formula is C16H20N2O4. The quantitative estimate of drug-likeness (QED) is 0.829.